The molecule has 0 unspecified atom stereocenters. The second kappa shape index (κ2) is 17.2. The molecule has 8 nitrogen and oxygen atoms in total. The van der Waals surface area contributed by atoms with Gasteiger partial charge < -0.3 is 37.2 Å². The van der Waals surface area contributed by atoms with E-state index in [9.17, 15) is 0 Å². The minimum Gasteiger partial charge on any atom is -0.377 e. The second-order valence-electron chi connectivity index (χ2n) is 8.41. The Hall–Kier alpha value is 0.694. The Morgan fingerprint density at radius 1 is 0.613 bits per heavy atom. The lowest BCUT2D eigenvalue weighted by molar-refractivity contribution is 0.120. The molecule has 0 aliphatic rings. The normalized spacial score (nSPS) is 13.0. The van der Waals surface area contributed by atoms with Crippen molar-refractivity contribution >= 4 is 42.4 Å². The molecule has 0 aromatic carbocycles. The standard InChI is InChI=1S/C19H46N2O6Si2.2ClH/c1-18(2,17-20-13-11-15-28(22-5,23-6)24-7)19(3,4)21-14-12-16-29(25-8,26-9)27-10;;/h20-21H,11-17H2,1-10H3;2*1H. The highest BCUT2D eigenvalue weighted by atomic mass is 35.5. The highest BCUT2D eigenvalue weighted by Crippen LogP contribution is 2.30. The highest BCUT2D eigenvalue weighted by molar-refractivity contribution is 6.60. The molecule has 0 aliphatic carbocycles. The summed E-state index contributed by atoms with van der Waals surface area (Å²) >= 11 is 0. The first-order chi connectivity index (χ1) is 13.5. The summed E-state index contributed by atoms with van der Waals surface area (Å²) in [6.07, 6.45) is 1.88. The van der Waals surface area contributed by atoms with Crippen LogP contribution in [0.4, 0.5) is 0 Å². The lowest BCUT2D eigenvalue weighted by atomic mass is 9.74. The van der Waals surface area contributed by atoms with E-state index in [2.05, 4.69) is 38.3 Å². The topological polar surface area (TPSA) is 79.4 Å². The Morgan fingerprint density at radius 3 is 1.32 bits per heavy atom. The van der Waals surface area contributed by atoms with Gasteiger partial charge in [-0.15, -0.1) is 24.8 Å². The van der Waals surface area contributed by atoms with Gasteiger partial charge in [-0.3, -0.25) is 0 Å². The smallest absolute Gasteiger partial charge is 0.377 e. The van der Waals surface area contributed by atoms with E-state index >= 15 is 0 Å². The third kappa shape index (κ3) is 11.6. The van der Waals surface area contributed by atoms with Crippen LogP contribution in [-0.2, 0) is 26.6 Å². The van der Waals surface area contributed by atoms with E-state index in [0.29, 0.717) is 0 Å². The minimum atomic E-state index is -2.49. The van der Waals surface area contributed by atoms with Gasteiger partial charge in [-0.05, 0) is 45.2 Å². The summed E-state index contributed by atoms with van der Waals surface area (Å²) in [7, 11) is 4.96. The molecule has 0 heterocycles. The SMILES string of the molecule is CO[Si](CCCNCC(C)(C)C(C)(C)NCCC[Si](OC)(OC)OC)(OC)OC.Cl.Cl. The first kappa shape index (κ1) is 36.3. The van der Waals surface area contributed by atoms with Crippen LogP contribution in [-0.4, -0.2) is 85.4 Å². The Balaban J connectivity index is -0.00000392. The summed E-state index contributed by atoms with van der Waals surface area (Å²) in [6, 6.07) is 1.60. The molecule has 2 N–H and O–H groups in total. The molecular formula is C19H48Cl2N2O6Si2. The van der Waals surface area contributed by atoms with Gasteiger partial charge in [0.2, 0.25) is 0 Å². The van der Waals surface area contributed by atoms with Gasteiger partial charge >= 0.3 is 17.6 Å². The fraction of sp³-hybridized carbons (Fsp3) is 1.00. The zero-order valence-electron chi connectivity index (χ0n) is 21.2. The molecule has 0 bridgehead atoms. The molecule has 0 radical (unpaired) electrons. The van der Waals surface area contributed by atoms with Crippen molar-refractivity contribution in [2.45, 2.75) is 58.2 Å². The van der Waals surface area contributed by atoms with Crippen LogP contribution in [0.1, 0.15) is 40.5 Å². The summed E-state index contributed by atoms with van der Waals surface area (Å²) in [6.45, 7) is 11.7. The zero-order chi connectivity index (χ0) is 22.6. The van der Waals surface area contributed by atoms with Gasteiger partial charge in [0.15, 0.2) is 0 Å². The van der Waals surface area contributed by atoms with Crippen LogP contribution in [0.15, 0.2) is 0 Å². The van der Waals surface area contributed by atoms with Crippen molar-refractivity contribution < 1.29 is 26.6 Å². The average Bonchev–Trinajstić information content (AvgIpc) is 2.71. The highest BCUT2D eigenvalue weighted by Gasteiger charge is 2.39. The largest absolute Gasteiger partial charge is 0.500 e. The molecule has 0 atom stereocenters. The van der Waals surface area contributed by atoms with E-state index < -0.39 is 17.6 Å². The number of rotatable bonds is 18. The lowest BCUT2D eigenvalue weighted by Crippen LogP contribution is -2.55. The van der Waals surface area contributed by atoms with Crippen molar-refractivity contribution in [2.24, 2.45) is 5.41 Å². The molecular weight excluding hydrogens is 479 g/mol. The van der Waals surface area contributed by atoms with Crippen molar-refractivity contribution in [3.05, 3.63) is 0 Å². The van der Waals surface area contributed by atoms with Crippen molar-refractivity contribution in [1.29, 1.82) is 0 Å². The summed E-state index contributed by atoms with van der Waals surface area (Å²) in [5.41, 5.74) is 0.0189. The van der Waals surface area contributed by atoms with Crippen LogP contribution in [0, 0.1) is 5.41 Å². The summed E-state index contributed by atoms with van der Waals surface area (Å²) < 4.78 is 32.9. The predicted molar refractivity (Wildman–Crippen MR) is 136 cm³/mol. The van der Waals surface area contributed by atoms with Crippen LogP contribution in [0.25, 0.3) is 0 Å². The fourth-order valence-electron chi connectivity index (χ4n) is 3.11. The van der Waals surface area contributed by atoms with E-state index in [4.69, 9.17) is 26.6 Å². The number of halogens is 2. The summed E-state index contributed by atoms with van der Waals surface area (Å²) in [5, 5.41) is 7.28. The first-order valence-electron chi connectivity index (χ1n) is 10.3. The van der Waals surface area contributed by atoms with Crippen LogP contribution in [0.3, 0.4) is 0 Å². The Morgan fingerprint density at radius 2 is 0.968 bits per heavy atom. The number of hydrogen-bond donors (Lipinski definition) is 2. The lowest BCUT2D eigenvalue weighted by Gasteiger charge is -2.43. The van der Waals surface area contributed by atoms with E-state index in [1.165, 1.54) is 0 Å². The molecule has 12 heteroatoms. The Labute approximate surface area is 205 Å². The maximum Gasteiger partial charge on any atom is 0.500 e. The van der Waals surface area contributed by atoms with Crippen LogP contribution in [0.5, 0.6) is 0 Å². The van der Waals surface area contributed by atoms with Gasteiger partial charge in [0.1, 0.15) is 0 Å². The first-order valence-corrected chi connectivity index (χ1v) is 14.2. The van der Waals surface area contributed by atoms with Crippen molar-refractivity contribution in [3.63, 3.8) is 0 Å². The molecule has 0 aromatic rings. The van der Waals surface area contributed by atoms with E-state index in [0.717, 1.165) is 44.6 Å². The second-order valence-corrected chi connectivity index (χ2v) is 14.6. The molecule has 0 spiro atoms. The molecule has 0 aromatic heterocycles. The molecule has 0 amide bonds. The predicted octanol–water partition coefficient (Wildman–Crippen LogP) is 3.35. The van der Waals surface area contributed by atoms with Gasteiger partial charge in [0, 0.05) is 66.8 Å². The summed E-state index contributed by atoms with van der Waals surface area (Å²) in [5.74, 6) is 0. The third-order valence-electron chi connectivity index (χ3n) is 6.19. The molecule has 0 saturated carbocycles. The van der Waals surface area contributed by atoms with Crippen LogP contribution in [0.2, 0.25) is 12.1 Å². The van der Waals surface area contributed by atoms with Gasteiger partial charge in [0.25, 0.3) is 0 Å². The van der Waals surface area contributed by atoms with Crippen molar-refractivity contribution in [2.75, 3.05) is 62.3 Å². The molecule has 0 rings (SSSR count). The molecule has 0 saturated heterocycles. The summed E-state index contributed by atoms with van der Waals surface area (Å²) in [4.78, 5) is 0. The number of nitrogens with one attached hydrogen (secondary N) is 2. The quantitative estimate of drug-likeness (QED) is 0.208. The maximum absolute atomic E-state index is 5.49. The Bertz CT molecular complexity index is 427. The van der Waals surface area contributed by atoms with Gasteiger partial charge in [-0.2, -0.15) is 0 Å². The minimum absolute atomic E-state index is 0. The molecule has 0 fully saturated rings. The maximum atomic E-state index is 5.49. The van der Waals surface area contributed by atoms with Crippen LogP contribution < -0.4 is 10.6 Å². The number of hydrogen-bond acceptors (Lipinski definition) is 8. The Kier molecular flexibility index (Phi) is 20.1. The molecule has 31 heavy (non-hydrogen) atoms. The van der Waals surface area contributed by atoms with Crippen molar-refractivity contribution in [1.82, 2.24) is 10.6 Å². The third-order valence-corrected chi connectivity index (χ3v) is 11.9. The van der Waals surface area contributed by atoms with E-state index in [1.54, 1.807) is 42.7 Å². The monoisotopic (exact) mass is 526 g/mol. The molecule has 0 aliphatic heterocycles. The van der Waals surface area contributed by atoms with Gasteiger partial charge in [0.05, 0.1) is 0 Å². The van der Waals surface area contributed by atoms with E-state index in [1.807, 2.05) is 0 Å². The van der Waals surface area contributed by atoms with E-state index in [-0.39, 0.29) is 35.8 Å². The molecule has 192 valence electrons. The van der Waals surface area contributed by atoms with Gasteiger partial charge in [-0.25, -0.2) is 0 Å². The average molecular weight is 528 g/mol. The van der Waals surface area contributed by atoms with Gasteiger partial charge in [-0.1, -0.05) is 13.8 Å². The van der Waals surface area contributed by atoms with Crippen LogP contribution >= 0.6 is 24.8 Å². The van der Waals surface area contributed by atoms with Crippen molar-refractivity contribution in [3.8, 4) is 0 Å². The zero-order valence-corrected chi connectivity index (χ0v) is 24.8. The fourth-order valence-corrected chi connectivity index (χ4v) is 6.55.